The SMILES string of the molecule is CC1(C)c2ccccc2-c2cccc(-c3cc(-c4cccc5c4C(C)(C)c4ccccc4-5)c4c5c6c(ncc5n5c7ccc8c(c7c3c45)C3CC4CC(CC8C4)C3)C3CC4CC(C3)CC6C4)c21. The highest BCUT2D eigenvalue weighted by atomic mass is 14.9. The number of nitrogens with zero attached hydrogens (tertiary/aromatic N) is 2. The standard InChI is InChI=1S/C65H58N2/c1-64(2)50-17-7-5-11-42(50)44-13-9-15-46(60(44)64)48-31-49(47-16-10-14-45-43-12-6-8-18-51(43)65(3,4)61(45)47)57-59-53(32-66-62-40-29-35-22-36(30-40)28-39(27-35)55(59)62)67-52-20-19-41-37-23-33-21-34(24-37)26-38(25-33)54(41)58(52)56(48)63(57)67/h5-20,31-40H,21-30H2,1-4H3. The minimum absolute atomic E-state index is 0.152. The predicted molar refractivity (Wildman–Crippen MR) is 276 cm³/mol. The van der Waals surface area contributed by atoms with Crippen LogP contribution in [0.25, 0.3) is 82.6 Å². The van der Waals surface area contributed by atoms with Crippen molar-refractivity contribution in [3.63, 3.8) is 0 Å². The van der Waals surface area contributed by atoms with E-state index >= 15 is 0 Å². The van der Waals surface area contributed by atoms with E-state index in [-0.39, 0.29) is 10.8 Å². The zero-order valence-corrected chi connectivity index (χ0v) is 39.5. The lowest BCUT2D eigenvalue weighted by molar-refractivity contribution is 0.165. The number of hydrogen-bond acceptors (Lipinski definition) is 1. The van der Waals surface area contributed by atoms with Crippen LogP contribution in [-0.2, 0) is 10.8 Å². The Hall–Kier alpha value is -5.73. The summed E-state index contributed by atoms with van der Waals surface area (Å²) in [6.45, 7) is 10.00. The van der Waals surface area contributed by atoms with E-state index in [1.54, 1.807) is 27.5 Å². The highest BCUT2D eigenvalue weighted by Gasteiger charge is 2.48. The first-order valence-electron chi connectivity index (χ1n) is 26.4. The molecule has 2 nitrogen and oxygen atoms in total. The molecule has 4 unspecified atom stereocenters. The van der Waals surface area contributed by atoms with Crippen molar-refractivity contribution in [2.45, 2.75) is 126 Å². The Labute approximate surface area is 394 Å². The third kappa shape index (κ3) is 4.46. The molecule has 328 valence electrons. The fraction of sp³-hybridized carbons (Fsp3) is 0.369. The molecule has 2 heteroatoms. The molecule has 4 fully saturated rings. The molecule has 0 radical (unpaired) electrons. The summed E-state index contributed by atoms with van der Waals surface area (Å²) in [6.07, 6.45) is 16.1. The van der Waals surface area contributed by atoms with Crippen molar-refractivity contribution in [1.29, 1.82) is 0 Å². The van der Waals surface area contributed by atoms with Crippen molar-refractivity contribution >= 4 is 38.1 Å². The number of aromatic nitrogens is 2. The van der Waals surface area contributed by atoms with Gasteiger partial charge in [0, 0.05) is 44.0 Å². The molecular formula is C65H58N2. The van der Waals surface area contributed by atoms with Gasteiger partial charge >= 0.3 is 0 Å². The van der Waals surface area contributed by atoms with Crippen LogP contribution < -0.4 is 0 Å². The fourth-order valence-corrected chi connectivity index (χ4v) is 18.6. The van der Waals surface area contributed by atoms with Crippen LogP contribution in [0.4, 0.5) is 0 Å². The number of hydrogen-bond donors (Lipinski definition) is 0. The van der Waals surface area contributed by atoms with E-state index in [2.05, 4.69) is 141 Å². The van der Waals surface area contributed by atoms with Crippen molar-refractivity contribution in [3.8, 4) is 44.5 Å². The molecule has 0 aliphatic heterocycles. The minimum atomic E-state index is -0.154. The number of benzene rings is 6. The van der Waals surface area contributed by atoms with Gasteiger partial charge in [0.05, 0.1) is 22.7 Å². The lowest BCUT2D eigenvalue weighted by atomic mass is 9.67. The molecule has 4 atom stereocenters. The van der Waals surface area contributed by atoms with Crippen LogP contribution in [0, 0.1) is 23.7 Å². The molecule has 4 saturated carbocycles. The molecule has 0 amide bonds. The van der Waals surface area contributed by atoms with Crippen LogP contribution in [0.2, 0.25) is 0 Å². The second-order valence-electron chi connectivity index (χ2n) is 24.6. The molecule has 3 aromatic heterocycles. The van der Waals surface area contributed by atoms with E-state index in [0.717, 1.165) is 23.7 Å². The molecule has 9 aromatic rings. The molecule has 0 saturated heterocycles. The normalized spacial score (nSPS) is 28.2. The Kier molecular flexibility index (Phi) is 6.84. The van der Waals surface area contributed by atoms with Crippen LogP contribution >= 0.6 is 0 Å². The molecule has 10 aliphatic rings. The molecule has 0 spiro atoms. The van der Waals surface area contributed by atoms with Gasteiger partial charge in [0.15, 0.2) is 0 Å². The van der Waals surface area contributed by atoms with Crippen LogP contribution in [0.3, 0.4) is 0 Å². The van der Waals surface area contributed by atoms with Gasteiger partial charge in [0.25, 0.3) is 0 Å². The largest absolute Gasteiger partial charge is 0.306 e. The van der Waals surface area contributed by atoms with E-state index in [0.29, 0.717) is 23.7 Å². The molecule has 6 aromatic carbocycles. The molecule has 3 heterocycles. The third-order valence-corrected chi connectivity index (χ3v) is 20.6. The molecule has 67 heavy (non-hydrogen) atoms. The number of fused-ring (bicyclic) bond motifs is 12. The Morgan fingerprint density at radius 1 is 0.418 bits per heavy atom. The fourth-order valence-electron chi connectivity index (χ4n) is 18.6. The smallest absolute Gasteiger partial charge is 0.0728 e. The molecule has 19 rings (SSSR count). The first-order valence-corrected chi connectivity index (χ1v) is 26.4. The zero-order valence-electron chi connectivity index (χ0n) is 39.5. The summed E-state index contributed by atoms with van der Waals surface area (Å²) in [5, 5.41) is 6.14. The van der Waals surface area contributed by atoms with Gasteiger partial charge in [-0.15, -0.1) is 0 Å². The van der Waals surface area contributed by atoms with Gasteiger partial charge in [-0.25, -0.2) is 0 Å². The van der Waals surface area contributed by atoms with Crippen molar-refractivity contribution in [2.24, 2.45) is 23.7 Å². The molecular weight excluding hydrogens is 809 g/mol. The summed E-state index contributed by atoms with van der Waals surface area (Å²) in [7, 11) is 0. The monoisotopic (exact) mass is 866 g/mol. The van der Waals surface area contributed by atoms with Gasteiger partial charge in [-0.2, -0.15) is 0 Å². The van der Waals surface area contributed by atoms with Gasteiger partial charge in [0.2, 0.25) is 0 Å². The van der Waals surface area contributed by atoms with E-state index < -0.39 is 0 Å². The van der Waals surface area contributed by atoms with Crippen LogP contribution in [0.15, 0.2) is 109 Å². The van der Waals surface area contributed by atoms with E-state index in [9.17, 15) is 0 Å². The Morgan fingerprint density at radius 2 is 0.881 bits per heavy atom. The average molecular weight is 867 g/mol. The first kappa shape index (κ1) is 37.3. The molecule has 10 aliphatic carbocycles. The molecule has 8 bridgehead atoms. The highest BCUT2D eigenvalue weighted by molar-refractivity contribution is 6.32. The summed E-state index contributed by atoms with van der Waals surface area (Å²) in [5.41, 5.74) is 27.6. The minimum Gasteiger partial charge on any atom is -0.306 e. The van der Waals surface area contributed by atoms with Crippen molar-refractivity contribution in [1.82, 2.24) is 9.38 Å². The van der Waals surface area contributed by atoms with Gasteiger partial charge in [-0.1, -0.05) is 119 Å². The third-order valence-electron chi connectivity index (χ3n) is 20.6. The maximum atomic E-state index is 5.74. The van der Waals surface area contributed by atoms with Crippen LogP contribution in [0.5, 0.6) is 0 Å². The number of pyridine rings is 1. The Bertz CT molecular complexity index is 3460. The van der Waals surface area contributed by atoms with Gasteiger partial charge in [-0.05, 0) is 201 Å². The van der Waals surface area contributed by atoms with Crippen molar-refractivity contribution in [3.05, 3.63) is 154 Å². The van der Waals surface area contributed by atoms with E-state index in [1.807, 2.05) is 0 Å². The molecule has 0 N–H and O–H groups in total. The Morgan fingerprint density at radius 3 is 1.45 bits per heavy atom. The van der Waals surface area contributed by atoms with Crippen LogP contribution in [-0.4, -0.2) is 9.38 Å². The van der Waals surface area contributed by atoms with Crippen LogP contribution in [0.1, 0.15) is 160 Å². The Balaban J connectivity index is 1.10. The van der Waals surface area contributed by atoms with Crippen molar-refractivity contribution < 1.29 is 0 Å². The second-order valence-corrected chi connectivity index (χ2v) is 24.6. The summed E-state index contributed by atoms with van der Waals surface area (Å²) in [6, 6.07) is 41.3. The summed E-state index contributed by atoms with van der Waals surface area (Å²) in [5.74, 6) is 5.86. The van der Waals surface area contributed by atoms with E-state index in [1.165, 1.54) is 164 Å². The summed E-state index contributed by atoms with van der Waals surface area (Å²) in [4.78, 5) is 5.74. The predicted octanol–water partition coefficient (Wildman–Crippen LogP) is 17.0. The quantitative estimate of drug-likeness (QED) is 0.169. The summed E-state index contributed by atoms with van der Waals surface area (Å²) < 4.78 is 2.81. The number of rotatable bonds is 2. The lowest BCUT2D eigenvalue weighted by Gasteiger charge is -2.38. The average Bonchev–Trinajstić information content (AvgIpc) is 3.92. The second kappa shape index (κ2) is 12.3. The highest BCUT2D eigenvalue weighted by Crippen LogP contribution is 2.64. The van der Waals surface area contributed by atoms with Gasteiger partial charge in [0.1, 0.15) is 0 Å². The first-order chi connectivity index (χ1) is 32.7. The topological polar surface area (TPSA) is 17.3 Å². The van der Waals surface area contributed by atoms with Gasteiger partial charge < -0.3 is 4.40 Å². The van der Waals surface area contributed by atoms with E-state index in [4.69, 9.17) is 4.98 Å². The van der Waals surface area contributed by atoms with Crippen molar-refractivity contribution in [2.75, 3.05) is 0 Å². The lowest BCUT2D eigenvalue weighted by Crippen LogP contribution is -2.25. The zero-order chi connectivity index (χ0) is 44.0. The maximum Gasteiger partial charge on any atom is 0.0728 e. The van der Waals surface area contributed by atoms with Gasteiger partial charge in [-0.3, -0.25) is 4.98 Å². The summed E-state index contributed by atoms with van der Waals surface area (Å²) >= 11 is 0. The maximum absolute atomic E-state index is 5.74.